The van der Waals surface area contributed by atoms with E-state index in [1.807, 2.05) is 31.2 Å². The Bertz CT molecular complexity index is 570. The summed E-state index contributed by atoms with van der Waals surface area (Å²) < 4.78 is 1.38. The molecule has 0 saturated carbocycles. The Hall–Kier alpha value is -2.43. The maximum absolute atomic E-state index is 10.8. The molecule has 0 aliphatic rings. The predicted octanol–water partition coefficient (Wildman–Crippen LogP) is 1.69. The molecular weight excluding hydrogens is 220 g/mol. The molecule has 0 spiro atoms. The molecule has 0 amide bonds. The minimum Gasteiger partial charge on any atom is -0.476 e. The number of hydrogen-bond acceptors (Lipinski definition) is 3. The number of aryl methyl sites for hydroxylation is 1. The number of aromatic nitrogens is 2. The second-order valence-corrected chi connectivity index (χ2v) is 3.64. The zero-order valence-electron chi connectivity index (χ0n) is 9.12. The molecule has 5 heteroatoms. The first-order valence-electron chi connectivity index (χ1n) is 4.97. The van der Waals surface area contributed by atoms with E-state index in [1.54, 1.807) is 0 Å². The molecular formula is C12H10N2O3. The molecule has 0 bridgehead atoms. The lowest BCUT2D eigenvalue weighted by molar-refractivity contribution is 0.0687. The quantitative estimate of drug-likeness (QED) is 0.814. The van der Waals surface area contributed by atoms with Crippen LogP contribution in [0.1, 0.15) is 26.4 Å². The van der Waals surface area contributed by atoms with Crippen molar-refractivity contribution < 1.29 is 14.7 Å². The summed E-state index contributed by atoms with van der Waals surface area (Å²) in [4.78, 5) is 21.6. The number of carboxylic acid groups (broad SMARTS) is 1. The van der Waals surface area contributed by atoms with Gasteiger partial charge in [0.2, 0.25) is 0 Å². The van der Waals surface area contributed by atoms with Gasteiger partial charge >= 0.3 is 5.97 Å². The third-order valence-corrected chi connectivity index (χ3v) is 2.37. The van der Waals surface area contributed by atoms with Crippen LogP contribution in [0.3, 0.4) is 0 Å². The summed E-state index contributed by atoms with van der Waals surface area (Å²) >= 11 is 0. The van der Waals surface area contributed by atoms with Crippen LogP contribution in [-0.4, -0.2) is 27.1 Å². The highest BCUT2D eigenvalue weighted by Crippen LogP contribution is 2.12. The van der Waals surface area contributed by atoms with Gasteiger partial charge in [-0.2, -0.15) is 5.10 Å². The molecule has 2 rings (SSSR count). The lowest BCUT2D eigenvalue weighted by Crippen LogP contribution is -2.02. The zero-order chi connectivity index (χ0) is 12.4. The molecule has 0 radical (unpaired) electrons. The van der Waals surface area contributed by atoms with Gasteiger partial charge in [0.15, 0.2) is 12.0 Å². The van der Waals surface area contributed by atoms with Gasteiger partial charge < -0.3 is 5.11 Å². The van der Waals surface area contributed by atoms with Gasteiger partial charge in [-0.3, -0.25) is 4.79 Å². The fourth-order valence-electron chi connectivity index (χ4n) is 1.47. The van der Waals surface area contributed by atoms with Crippen LogP contribution < -0.4 is 0 Å². The van der Waals surface area contributed by atoms with Gasteiger partial charge in [0.05, 0.1) is 11.3 Å². The van der Waals surface area contributed by atoms with E-state index >= 15 is 0 Å². The van der Waals surface area contributed by atoms with Crippen LogP contribution in [0, 0.1) is 6.92 Å². The monoisotopic (exact) mass is 230 g/mol. The van der Waals surface area contributed by atoms with Crippen molar-refractivity contribution >= 4 is 12.3 Å². The summed E-state index contributed by atoms with van der Waals surface area (Å²) in [5, 5.41) is 12.7. The van der Waals surface area contributed by atoms with E-state index in [9.17, 15) is 9.59 Å². The molecule has 1 heterocycles. The van der Waals surface area contributed by atoms with E-state index in [-0.39, 0.29) is 11.3 Å². The van der Waals surface area contributed by atoms with Crippen molar-refractivity contribution in [2.24, 2.45) is 0 Å². The molecule has 86 valence electrons. The molecule has 0 atom stereocenters. The van der Waals surface area contributed by atoms with Crippen LogP contribution in [0.15, 0.2) is 30.5 Å². The van der Waals surface area contributed by atoms with Gasteiger partial charge in [0.25, 0.3) is 0 Å². The third kappa shape index (κ3) is 2.08. The second-order valence-electron chi connectivity index (χ2n) is 3.64. The standard InChI is InChI=1S/C12H10N2O3/c1-8-2-4-10(5-3-8)14-6-9(7-15)11(13-14)12(16)17/h2-7H,1H3,(H,16,17). The highest BCUT2D eigenvalue weighted by atomic mass is 16.4. The molecule has 1 aromatic carbocycles. The average Bonchev–Trinajstić information content (AvgIpc) is 2.74. The normalized spacial score (nSPS) is 10.2. The van der Waals surface area contributed by atoms with E-state index in [1.165, 1.54) is 10.9 Å². The van der Waals surface area contributed by atoms with Gasteiger partial charge in [-0.15, -0.1) is 0 Å². The zero-order valence-corrected chi connectivity index (χ0v) is 9.12. The van der Waals surface area contributed by atoms with Crippen molar-refractivity contribution in [3.8, 4) is 5.69 Å². The van der Waals surface area contributed by atoms with E-state index in [0.717, 1.165) is 5.56 Å². The van der Waals surface area contributed by atoms with Gasteiger partial charge in [0.1, 0.15) is 0 Å². The Morgan fingerprint density at radius 1 is 1.35 bits per heavy atom. The van der Waals surface area contributed by atoms with Gasteiger partial charge in [-0.1, -0.05) is 17.7 Å². The Kier molecular flexibility index (Phi) is 2.74. The van der Waals surface area contributed by atoms with Crippen LogP contribution in [0.4, 0.5) is 0 Å². The number of aromatic carboxylic acids is 1. The molecule has 2 aromatic rings. The maximum Gasteiger partial charge on any atom is 0.357 e. The topological polar surface area (TPSA) is 72.2 Å². The van der Waals surface area contributed by atoms with Gasteiger partial charge in [-0.25, -0.2) is 9.48 Å². The summed E-state index contributed by atoms with van der Waals surface area (Å²) in [6, 6.07) is 7.39. The first-order valence-corrected chi connectivity index (χ1v) is 4.97. The van der Waals surface area contributed by atoms with Crippen LogP contribution in [0.5, 0.6) is 0 Å². The highest BCUT2D eigenvalue weighted by Gasteiger charge is 2.15. The fourth-order valence-corrected chi connectivity index (χ4v) is 1.47. The van der Waals surface area contributed by atoms with Crippen molar-refractivity contribution in [1.82, 2.24) is 9.78 Å². The first kappa shape index (κ1) is 11.1. The smallest absolute Gasteiger partial charge is 0.357 e. The molecule has 0 unspecified atom stereocenters. The minimum absolute atomic E-state index is 0.0677. The van der Waals surface area contributed by atoms with Crippen molar-refractivity contribution in [2.45, 2.75) is 6.92 Å². The van der Waals surface area contributed by atoms with Crippen molar-refractivity contribution in [2.75, 3.05) is 0 Å². The Balaban J connectivity index is 2.50. The third-order valence-electron chi connectivity index (χ3n) is 2.37. The number of nitrogens with zero attached hydrogens (tertiary/aromatic N) is 2. The lowest BCUT2D eigenvalue weighted by Gasteiger charge is -2.00. The molecule has 5 nitrogen and oxygen atoms in total. The van der Waals surface area contributed by atoms with Crippen LogP contribution in [-0.2, 0) is 0 Å². The van der Waals surface area contributed by atoms with Crippen molar-refractivity contribution in [3.63, 3.8) is 0 Å². The largest absolute Gasteiger partial charge is 0.476 e. The number of aldehydes is 1. The summed E-state index contributed by atoms with van der Waals surface area (Å²) in [7, 11) is 0. The molecule has 1 aromatic heterocycles. The fraction of sp³-hybridized carbons (Fsp3) is 0.0833. The van der Waals surface area contributed by atoms with Crippen molar-refractivity contribution in [3.05, 3.63) is 47.3 Å². The van der Waals surface area contributed by atoms with Gasteiger partial charge in [-0.05, 0) is 19.1 Å². The Labute approximate surface area is 97.3 Å². The van der Waals surface area contributed by atoms with Crippen LogP contribution >= 0.6 is 0 Å². The van der Waals surface area contributed by atoms with Crippen LogP contribution in [0.2, 0.25) is 0 Å². The van der Waals surface area contributed by atoms with Gasteiger partial charge in [0, 0.05) is 6.20 Å². The van der Waals surface area contributed by atoms with E-state index in [2.05, 4.69) is 5.10 Å². The average molecular weight is 230 g/mol. The van der Waals surface area contributed by atoms with E-state index in [4.69, 9.17) is 5.11 Å². The Morgan fingerprint density at radius 2 is 2.00 bits per heavy atom. The summed E-state index contributed by atoms with van der Waals surface area (Å²) in [5.74, 6) is -1.21. The van der Waals surface area contributed by atoms with E-state index < -0.39 is 5.97 Å². The number of hydrogen-bond donors (Lipinski definition) is 1. The number of carbonyl (C=O) groups is 2. The molecule has 1 N–H and O–H groups in total. The lowest BCUT2D eigenvalue weighted by atomic mass is 10.2. The molecule has 0 saturated heterocycles. The second kappa shape index (κ2) is 4.21. The highest BCUT2D eigenvalue weighted by molar-refractivity contribution is 5.95. The van der Waals surface area contributed by atoms with E-state index in [0.29, 0.717) is 12.0 Å². The first-order chi connectivity index (χ1) is 8.11. The van der Waals surface area contributed by atoms with Crippen LogP contribution in [0.25, 0.3) is 5.69 Å². The SMILES string of the molecule is Cc1ccc(-n2cc(C=O)c(C(=O)O)n2)cc1. The molecule has 0 fully saturated rings. The number of carbonyl (C=O) groups excluding carboxylic acids is 1. The molecule has 0 aliphatic carbocycles. The summed E-state index contributed by atoms with van der Waals surface area (Å²) in [5.41, 5.74) is 1.64. The number of benzene rings is 1. The number of carboxylic acids is 1. The predicted molar refractivity (Wildman–Crippen MR) is 60.6 cm³/mol. The maximum atomic E-state index is 10.8. The van der Waals surface area contributed by atoms with Crippen molar-refractivity contribution in [1.29, 1.82) is 0 Å². The summed E-state index contributed by atoms with van der Waals surface area (Å²) in [6.07, 6.45) is 1.89. The summed E-state index contributed by atoms with van der Waals surface area (Å²) in [6.45, 7) is 1.95. The molecule has 0 aliphatic heterocycles. The molecule has 17 heavy (non-hydrogen) atoms. The minimum atomic E-state index is -1.21. The number of rotatable bonds is 3. The Morgan fingerprint density at radius 3 is 2.47 bits per heavy atom.